The summed E-state index contributed by atoms with van der Waals surface area (Å²) in [7, 11) is 4.54. The zero-order chi connectivity index (χ0) is 20.6. The Bertz CT molecular complexity index is 954. The van der Waals surface area contributed by atoms with Gasteiger partial charge in [0.2, 0.25) is 5.75 Å². The van der Waals surface area contributed by atoms with Crippen LogP contribution in [0.4, 0.5) is 0 Å². The number of hydrogen-bond acceptors (Lipinski definition) is 5. The maximum absolute atomic E-state index is 12.7. The van der Waals surface area contributed by atoms with Gasteiger partial charge < -0.3 is 24.1 Å². The molecule has 152 valence electrons. The van der Waals surface area contributed by atoms with Crippen LogP contribution in [-0.2, 0) is 13.0 Å². The van der Waals surface area contributed by atoms with Gasteiger partial charge in [-0.3, -0.25) is 4.79 Å². The molecular formula is C22H25N3O4. The molecule has 0 atom stereocenters. The molecule has 0 fully saturated rings. The van der Waals surface area contributed by atoms with E-state index in [1.54, 1.807) is 18.3 Å². The Morgan fingerprint density at radius 2 is 1.76 bits per heavy atom. The van der Waals surface area contributed by atoms with Crippen molar-refractivity contribution < 1.29 is 19.0 Å². The Hall–Kier alpha value is -3.48. The molecule has 1 amide bonds. The van der Waals surface area contributed by atoms with Gasteiger partial charge in [0.1, 0.15) is 5.82 Å². The quantitative estimate of drug-likeness (QED) is 0.603. The molecule has 0 bridgehead atoms. The van der Waals surface area contributed by atoms with Crippen LogP contribution in [0, 0.1) is 0 Å². The highest BCUT2D eigenvalue weighted by atomic mass is 16.5. The third-order valence-electron chi connectivity index (χ3n) is 4.58. The smallest absolute Gasteiger partial charge is 0.255 e. The second kappa shape index (κ2) is 9.64. The fraction of sp³-hybridized carbons (Fsp3) is 0.273. The highest BCUT2D eigenvalue weighted by molar-refractivity contribution is 5.98. The van der Waals surface area contributed by atoms with Gasteiger partial charge in [0, 0.05) is 31.9 Å². The molecule has 0 unspecified atom stereocenters. The van der Waals surface area contributed by atoms with E-state index in [4.69, 9.17) is 14.2 Å². The lowest BCUT2D eigenvalue weighted by atomic mass is 10.1. The van der Waals surface area contributed by atoms with Crippen molar-refractivity contribution >= 4 is 5.91 Å². The predicted molar refractivity (Wildman–Crippen MR) is 110 cm³/mol. The molecular weight excluding hydrogens is 370 g/mol. The molecule has 0 spiro atoms. The van der Waals surface area contributed by atoms with E-state index in [-0.39, 0.29) is 5.91 Å². The van der Waals surface area contributed by atoms with Crippen LogP contribution in [0.2, 0.25) is 0 Å². The van der Waals surface area contributed by atoms with Crippen molar-refractivity contribution in [1.29, 1.82) is 0 Å². The number of nitrogens with zero attached hydrogens (tertiary/aromatic N) is 2. The van der Waals surface area contributed by atoms with Gasteiger partial charge in [-0.15, -0.1) is 0 Å². The summed E-state index contributed by atoms with van der Waals surface area (Å²) in [6.07, 6.45) is 4.33. The number of hydrogen-bond donors (Lipinski definition) is 1. The summed E-state index contributed by atoms with van der Waals surface area (Å²) in [5.74, 6) is 1.90. The Morgan fingerprint density at radius 1 is 1.00 bits per heavy atom. The number of carbonyl (C=O) groups excluding carboxylic acids is 1. The third-order valence-corrected chi connectivity index (χ3v) is 4.58. The predicted octanol–water partition coefficient (Wildman–Crippen LogP) is 2.93. The van der Waals surface area contributed by atoms with Crippen molar-refractivity contribution in [1.82, 2.24) is 14.9 Å². The summed E-state index contributed by atoms with van der Waals surface area (Å²) >= 11 is 0. The van der Waals surface area contributed by atoms with Crippen molar-refractivity contribution in [2.45, 2.75) is 13.0 Å². The highest BCUT2D eigenvalue weighted by Crippen LogP contribution is 2.39. The van der Waals surface area contributed by atoms with Crippen LogP contribution in [0.25, 0.3) is 0 Å². The van der Waals surface area contributed by atoms with E-state index >= 15 is 0 Å². The monoisotopic (exact) mass is 395 g/mol. The van der Waals surface area contributed by atoms with Gasteiger partial charge in [0.25, 0.3) is 5.91 Å². The average molecular weight is 395 g/mol. The van der Waals surface area contributed by atoms with Crippen LogP contribution in [0.3, 0.4) is 0 Å². The number of aromatic nitrogens is 2. The number of methoxy groups -OCH3 is 3. The minimum absolute atomic E-state index is 0.246. The fourth-order valence-corrected chi connectivity index (χ4v) is 3.16. The van der Waals surface area contributed by atoms with Crippen molar-refractivity contribution in [3.05, 3.63) is 71.8 Å². The van der Waals surface area contributed by atoms with E-state index in [1.165, 1.54) is 26.9 Å². The number of nitrogens with one attached hydrogen (secondary N) is 1. The number of benzene rings is 2. The Kier molecular flexibility index (Phi) is 6.73. The number of amides is 1. The van der Waals surface area contributed by atoms with Crippen LogP contribution in [0.15, 0.2) is 54.9 Å². The van der Waals surface area contributed by atoms with E-state index in [1.807, 2.05) is 24.4 Å². The van der Waals surface area contributed by atoms with Crippen LogP contribution >= 0.6 is 0 Å². The molecule has 7 heteroatoms. The van der Waals surface area contributed by atoms with Crippen molar-refractivity contribution in [2.24, 2.45) is 0 Å². The normalized spacial score (nSPS) is 10.4. The number of imidazole rings is 1. The summed E-state index contributed by atoms with van der Waals surface area (Å²) in [6.45, 7) is 1.19. The van der Waals surface area contributed by atoms with Crippen LogP contribution in [0.1, 0.15) is 21.7 Å². The molecule has 7 nitrogen and oxygen atoms in total. The highest BCUT2D eigenvalue weighted by Gasteiger charge is 2.20. The van der Waals surface area contributed by atoms with Gasteiger partial charge in [-0.2, -0.15) is 0 Å². The molecule has 29 heavy (non-hydrogen) atoms. The van der Waals surface area contributed by atoms with E-state index in [0.717, 1.165) is 12.4 Å². The summed E-state index contributed by atoms with van der Waals surface area (Å²) in [5.41, 5.74) is 1.59. The van der Waals surface area contributed by atoms with E-state index in [9.17, 15) is 4.79 Å². The first-order valence-electron chi connectivity index (χ1n) is 9.29. The third kappa shape index (κ3) is 4.68. The lowest BCUT2D eigenvalue weighted by Crippen LogP contribution is -2.27. The SMILES string of the molecule is COc1ccc(C(=O)NCCc2nccn2Cc2ccccc2)c(OC)c1OC. The van der Waals surface area contributed by atoms with Crippen molar-refractivity contribution in [3.8, 4) is 17.2 Å². The maximum Gasteiger partial charge on any atom is 0.255 e. The topological polar surface area (TPSA) is 74.6 Å². The van der Waals surface area contributed by atoms with Gasteiger partial charge in [0.15, 0.2) is 11.5 Å². The van der Waals surface area contributed by atoms with Gasteiger partial charge in [-0.05, 0) is 17.7 Å². The van der Waals surface area contributed by atoms with Crippen molar-refractivity contribution in [3.63, 3.8) is 0 Å². The Labute approximate surface area is 170 Å². The minimum Gasteiger partial charge on any atom is -0.493 e. The Balaban J connectivity index is 1.65. The number of rotatable bonds is 9. The van der Waals surface area contributed by atoms with Crippen LogP contribution in [0.5, 0.6) is 17.2 Å². The standard InChI is InChI=1S/C22H25N3O4/c1-27-18-10-9-17(20(28-2)21(18)29-3)22(26)24-12-11-19-23-13-14-25(19)15-16-7-5-4-6-8-16/h4-10,13-14H,11-12,15H2,1-3H3,(H,24,26). The minimum atomic E-state index is -0.246. The first-order valence-corrected chi connectivity index (χ1v) is 9.29. The molecule has 0 saturated carbocycles. The van der Waals surface area contributed by atoms with Gasteiger partial charge >= 0.3 is 0 Å². The molecule has 0 radical (unpaired) electrons. The first-order chi connectivity index (χ1) is 14.2. The summed E-state index contributed by atoms with van der Waals surface area (Å²) in [4.78, 5) is 17.1. The largest absolute Gasteiger partial charge is 0.493 e. The molecule has 0 aliphatic rings. The second-order valence-corrected chi connectivity index (χ2v) is 6.34. The summed E-state index contributed by atoms with van der Waals surface area (Å²) in [5, 5.41) is 2.92. The van der Waals surface area contributed by atoms with Gasteiger partial charge in [-0.25, -0.2) is 4.98 Å². The molecule has 0 aliphatic heterocycles. The second-order valence-electron chi connectivity index (χ2n) is 6.34. The molecule has 0 saturated heterocycles. The molecule has 1 aromatic heterocycles. The maximum atomic E-state index is 12.7. The fourth-order valence-electron chi connectivity index (χ4n) is 3.16. The molecule has 0 aliphatic carbocycles. The first kappa shape index (κ1) is 20.3. The van der Waals surface area contributed by atoms with Crippen molar-refractivity contribution in [2.75, 3.05) is 27.9 Å². The zero-order valence-corrected chi connectivity index (χ0v) is 16.8. The Morgan fingerprint density at radius 3 is 2.45 bits per heavy atom. The van der Waals surface area contributed by atoms with Gasteiger partial charge in [-0.1, -0.05) is 30.3 Å². The summed E-state index contributed by atoms with van der Waals surface area (Å²) < 4.78 is 18.1. The number of carbonyl (C=O) groups is 1. The van der Waals surface area contributed by atoms with E-state index < -0.39 is 0 Å². The molecule has 1 heterocycles. The van der Waals surface area contributed by atoms with E-state index in [0.29, 0.717) is 35.8 Å². The van der Waals surface area contributed by atoms with Crippen LogP contribution < -0.4 is 19.5 Å². The lowest BCUT2D eigenvalue weighted by Gasteiger charge is -2.15. The summed E-state index contributed by atoms with van der Waals surface area (Å²) in [6, 6.07) is 13.5. The zero-order valence-electron chi connectivity index (χ0n) is 16.8. The molecule has 1 N–H and O–H groups in total. The van der Waals surface area contributed by atoms with Crippen LogP contribution in [-0.4, -0.2) is 43.3 Å². The van der Waals surface area contributed by atoms with E-state index in [2.05, 4.69) is 27.0 Å². The molecule has 3 aromatic rings. The lowest BCUT2D eigenvalue weighted by molar-refractivity contribution is 0.0950. The molecule has 2 aromatic carbocycles. The van der Waals surface area contributed by atoms with Gasteiger partial charge in [0.05, 0.1) is 26.9 Å². The average Bonchev–Trinajstić information content (AvgIpc) is 3.19. The number of ether oxygens (including phenoxy) is 3. The molecule has 3 rings (SSSR count).